The van der Waals surface area contributed by atoms with Gasteiger partial charge in [0.25, 0.3) is 0 Å². The molecule has 118 valence electrons. The minimum atomic E-state index is 0.324. The van der Waals surface area contributed by atoms with Crippen LogP contribution in [0, 0.1) is 5.92 Å². The summed E-state index contributed by atoms with van der Waals surface area (Å²) in [7, 11) is 5.81. The second kappa shape index (κ2) is 7.64. The highest BCUT2D eigenvalue weighted by atomic mass is 16.5. The van der Waals surface area contributed by atoms with Crippen molar-refractivity contribution in [3.63, 3.8) is 0 Å². The highest BCUT2D eigenvalue weighted by Gasteiger charge is 2.20. The lowest BCUT2D eigenvalue weighted by atomic mass is 10.1. The van der Waals surface area contributed by atoms with E-state index >= 15 is 0 Å². The van der Waals surface area contributed by atoms with Gasteiger partial charge in [0, 0.05) is 37.7 Å². The van der Waals surface area contributed by atoms with E-state index in [2.05, 4.69) is 23.9 Å². The lowest BCUT2D eigenvalue weighted by molar-refractivity contribution is 0.112. The molecule has 1 saturated heterocycles. The van der Waals surface area contributed by atoms with Crippen LogP contribution in [-0.4, -0.2) is 69.0 Å². The molecule has 0 saturated carbocycles. The van der Waals surface area contributed by atoms with Gasteiger partial charge in [-0.05, 0) is 32.3 Å². The molecule has 0 aliphatic carbocycles. The largest absolute Gasteiger partial charge is 0.508 e. The lowest BCUT2D eigenvalue weighted by Gasteiger charge is -2.25. The highest BCUT2D eigenvalue weighted by Crippen LogP contribution is 2.25. The van der Waals surface area contributed by atoms with Crippen LogP contribution in [0.15, 0.2) is 18.2 Å². The molecule has 0 aromatic heterocycles. The summed E-state index contributed by atoms with van der Waals surface area (Å²) in [6, 6.07) is 5.38. The maximum absolute atomic E-state index is 10.0. The monoisotopic (exact) mass is 294 g/mol. The number of phenols is 1. The van der Waals surface area contributed by atoms with E-state index in [1.807, 2.05) is 6.07 Å². The third-order valence-corrected chi connectivity index (χ3v) is 3.73. The summed E-state index contributed by atoms with van der Waals surface area (Å²) in [6.45, 7) is 5.15. The fourth-order valence-electron chi connectivity index (χ4n) is 2.78. The van der Waals surface area contributed by atoms with E-state index < -0.39 is 0 Å². The second-order valence-electron chi connectivity index (χ2n) is 5.93. The fourth-order valence-corrected chi connectivity index (χ4v) is 2.78. The van der Waals surface area contributed by atoms with Crippen molar-refractivity contribution >= 4 is 0 Å². The maximum Gasteiger partial charge on any atom is 0.120 e. The third kappa shape index (κ3) is 4.88. The molecule has 1 aliphatic rings. The van der Waals surface area contributed by atoms with Crippen molar-refractivity contribution < 1.29 is 14.6 Å². The number of phenolic OH excluding ortho intramolecular Hbond substituents is 1. The number of methoxy groups -OCH3 is 1. The van der Waals surface area contributed by atoms with Gasteiger partial charge in [0.15, 0.2) is 0 Å². The lowest BCUT2D eigenvalue weighted by Crippen LogP contribution is -2.34. The van der Waals surface area contributed by atoms with E-state index in [1.54, 1.807) is 19.2 Å². The van der Waals surface area contributed by atoms with Crippen LogP contribution in [0.2, 0.25) is 0 Å². The molecule has 1 aromatic carbocycles. The van der Waals surface area contributed by atoms with Gasteiger partial charge in [-0.25, -0.2) is 0 Å². The Morgan fingerprint density at radius 1 is 1.43 bits per heavy atom. The summed E-state index contributed by atoms with van der Waals surface area (Å²) in [5.41, 5.74) is 0.903. The van der Waals surface area contributed by atoms with Gasteiger partial charge in [0.2, 0.25) is 0 Å². The Labute approximate surface area is 127 Å². The summed E-state index contributed by atoms with van der Waals surface area (Å²) in [5.74, 6) is 1.60. The maximum atomic E-state index is 10.0. The first-order valence-corrected chi connectivity index (χ1v) is 7.39. The number of rotatable bonds is 5. The molecular formula is C16H26N2O3. The molecular weight excluding hydrogens is 268 g/mol. The second-order valence-corrected chi connectivity index (χ2v) is 5.93. The predicted molar refractivity (Wildman–Crippen MR) is 82.8 cm³/mol. The van der Waals surface area contributed by atoms with E-state index in [1.165, 1.54) is 0 Å². The topological polar surface area (TPSA) is 45.2 Å². The molecule has 0 radical (unpaired) electrons. The summed E-state index contributed by atoms with van der Waals surface area (Å²) in [5, 5.41) is 10.0. The molecule has 0 unspecified atom stereocenters. The van der Waals surface area contributed by atoms with Gasteiger partial charge >= 0.3 is 0 Å². The first-order chi connectivity index (χ1) is 10.1. The average molecular weight is 294 g/mol. The summed E-state index contributed by atoms with van der Waals surface area (Å²) in [6.07, 6.45) is 0. The van der Waals surface area contributed by atoms with Crippen molar-refractivity contribution in [2.24, 2.45) is 5.92 Å². The van der Waals surface area contributed by atoms with E-state index in [0.29, 0.717) is 11.7 Å². The Kier molecular flexibility index (Phi) is 5.85. The third-order valence-electron chi connectivity index (χ3n) is 3.73. The summed E-state index contributed by atoms with van der Waals surface area (Å²) >= 11 is 0. The molecule has 1 atom stereocenters. The Bertz CT molecular complexity index is 451. The smallest absolute Gasteiger partial charge is 0.120 e. The van der Waals surface area contributed by atoms with Crippen LogP contribution in [0.25, 0.3) is 0 Å². The number of nitrogens with zero attached hydrogens (tertiary/aromatic N) is 2. The van der Waals surface area contributed by atoms with E-state index in [0.717, 1.165) is 50.7 Å². The Morgan fingerprint density at radius 2 is 2.24 bits per heavy atom. The zero-order valence-electron chi connectivity index (χ0n) is 13.2. The zero-order valence-corrected chi connectivity index (χ0v) is 13.2. The van der Waals surface area contributed by atoms with Crippen LogP contribution in [0.1, 0.15) is 5.56 Å². The Balaban J connectivity index is 2.03. The molecule has 2 rings (SSSR count). The average Bonchev–Trinajstić information content (AvgIpc) is 2.66. The molecule has 5 nitrogen and oxygen atoms in total. The van der Waals surface area contributed by atoms with Crippen LogP contribution in [0.5, 0.6) is 11.5 Å². The Hall–Kier alpha value is -1.30. The first kappa shape index (κ1) is 16.1. The number of aromatic hydroxyl groups is 1. The van der Waals surface area contributed by atoms with Crippen molar-refractivity contribution in [1.82, 2.24) is 9.80 Å². The van der Waals surface area contributed by atoms with Gasteiger partial charge in [-0.2, -0.15) is 0 Å². The number of benzene rings is 1. The summed E-state index contributed by atoms with van der Waals surface area (Å²) in [4.78, 5) is 4.54. The fraction of sp³-hybridized carbons (Fsp3) is 0.625. The summed E-state index contributed by atoms with van der Waals surface area (Å²) < 4.78 is 10.9. The molecule has 1 aliphatic heterocycles. The van der Waals surface area contributed by atoms with E-state index in [9.17, 15) is 5.11 Å². The van der Waals surface area contributed by atoms with Crippen molar-refractivity contribution in [2.45, 2.75) is 6.54 Å². The van der Waals surface area contributed by atoms with Crippen molar-refractivity contribution in [3.8, 4) is 11.5 Å². The van der Waals surface area contributed by atoms with Gasteiger partial charge < -0.3 is 19.5 Å². The molecule has 0 bridgehead atoms. The molecule has 0 amide bonds. The van der Waals surface area contributed by atoms with Crippen LogP contribution in [0.3, 0.4) is 0 Å². The molecule has 1 N–H and O–H groups in total. The molecule has 0 spiro atoms. The number of hydrogen-bond donors (Lipinski definition) is 1. The first-order valence-electron chi connectivity index (χ1n) is 7.39. The van der Waals surface area contributed by atoms with Crippen LogP contribution >= 0.6 is 0 Å². The minimum absolute atomic E-state index is 0.324. The number of ether oxygens (including phenoxy) is 2. The standard InChI is InChI=1S/C16H26N2O3/c1-17(2)9-13-10-18(6-7-21-12-13)11-14-8-15(20-3)4-5-16(14)19/h4-5,8,13,19H,6-7,9-12H2,1-3H3/t13-/m0/s1. The van der Waals surface area contributed by atoms with Crippen molar-refractivity contribution in [1.29, 1.82) is 0 Å². The van der Waals surface area contributed by atoms with Gasteiger partial charge in [-0.3, -0.25) is 4.90 Å². The normalized spacial score (nSPS) is 20.5. The van der Waals surface area contributed by atoms with Gasteiger partial charge in [-0.1, -0.05) is 0 Å². The van der Waals surface area contributed by atoms with Crippen LogP contribution < -0.4 is 4.74 Å². The molecule has 1 fully saturated rings. The SMILES string of the molecule is COc1ccc(O)c(CN2CCOC[C@@H](CN(C)C)C2)c1. The molecule has 21 heavy (non-hydrogen) atoms. The zero-order chi connectivity index (χ0) is 15.2. The number of hydrogen-bond acceptors (Lipinski definition) is 5. The quantitative estimate of drug-likeness (QED) is 0.889. The van der Waals surface area contributed by atoms with Crippen LogP contribution in [-0.2, 0) is 11.3 Å². The van der Waals surface area contributed by atoms with Crippen LogP contribution in [0.4, 0.5) is 0 Å². The Morgan fingerprint density at radius 3 is 2.95 bits per heavy atom. The van der Waals surface area contributed by atoms with Gasteiger partial charge in [0.1, 0.15) is 11.5 Å². The van der Waals surface area contributed by atoms with Gasteiger partial charge in [-0.15, -0.1) is 0 Å². The highest BCUT2D eigenvalue weighted by molar-refractivity contribution is 5.39. The minimum Gasteiger partial charge on any atom is -0.508 e. The van der Waals surface area contributed by atoms with E-state index in [4.69, 9.17) is 9.47 Å². The van der Waals surface area contributed by atoms with Crippen molar-refractivity contribution in [3.05, 3.63) is 23.8 Å². The predicted octanol–water partition coefficient (Wildman–Crippen LogP) is 1.41. The van der Waals surface area contributed by atoms with Crippen molar-refractivity contribution in [2.75, 3.05) is 54.1 Å². The van der Waals surface area contributed by atoms with E-state index in [-0.39, 0.29) is 0 Å². The molecule has 5 heteroatoms. The molecule has 1 aromatic rings. The van der Waals surface area contributed by atoms with Gasteiger partial charge in [0.05, 0.1) is 20.3 Å². The molecule has 1 heterocycles.